The molecule has 0 fully saturated rings. The van der Waals surface area contributed by atoms with E-state index in [2.05, 4.69) is 4.72 Å². The first-order valence-corrected chi connectivity index (χ1v) is 9.96. The summed E-state index contributed by atoms with van der Waals surface area (Å²) in [4.78, 5) is 10.2. The lowest BCUT2D eigenvalue weighted by Gasteiger charge is -2.15. The van der Waals surface area contributed by atoms with E-state index in [1.54, 1.807) is 6.07 Å². The number of fused-ring (bicyclic) bond motifs is 1. The zero-order valence-corrected chi connectivity index (χ0v) is 15.8. The van der Waals surface area contributed by atoms with Gasteiger partial charge in [-0.3, -0.25) is 0 Å². The number of halogens is 1. The molecule has 6 nitrogen and oxygen atoms in total. The molecule has 3 rings (SSSR count). The highest BCUT2D eigenvalue weighted by Gasteiger charge is 2.21. The fourth-order valence-corrected chi connectivity index (χ4v) is 3.97. The number of hydrogen-bond acceptors (Lipinski definition) is 5. The number of hydrogen-bond donors (Lipinski definition) is 1. The van der Waals surface area contributed by atoms with Crippen molar-refractivity contribution in [3.05, 3.63) is 71.5 Å². The lowest BCUT2D eigenvalue weighted by atomic mass is 10.0. The summed E-state index contributed by atoms with van der Waals surface area (Å²) in [5, 5.41) is 12.7. The normalized spacial score (nSPS) is 11.5. The number of benzene rings is 3. The minimum atomic E-state index is -4.32. The predicted octanol–water partition coefficient (Wildman–Crippen LogP) is 2.22. The summed E-state index contributed by atoms with van der Waals surface area (Å²) < 4.78 is 47.2. The van der Waals surface area contributed by atoms with E-state index >= 15 is 0 Å². The van der Waals surface area contributed by atoms with Crippen molar-refractivity contribution in [2.45, 2.75) is 18.4 Å². The third-order valence-corrected chi connectivity index (χ3v) is 5.61. The lowest BCUT2D eigenvalue weighted by Crippen LogP contribution is -2.26. The number of carboxylic acids is 1. The van der Waals surface area contributed by atoms with Crippen LogP contribution in [0.5, 0.6) is 5.75 Å². The number of carbonyl (C=O) groups excluding carboxylic acids is 1. The third kappa shape index (κ3) is 3.97. The molecule has 0 spiro atoms. The Labute approximate surface area is 161 Å². The summed E-state index contributed by atoms with van der Waals surface area (Å²) in [6.07, 6.45) is 0. The topological polar surface area (TPSA) is 95.5 Å². The summed E-state index contributed by atoms with van der Waals surface area (Å²) >= 11 is 0. The second-order valence-electron chi connectivity index (χ2n) is 5.95. The van der Waals surface area contributed by atoms with Gasteiger partial charge in [-0.05, 0) is 41.5 Å². The Morgan fingerprint density at radius 1 is 1.14 bits per heavy atom. The van der Waals surface area contributed by atoms with Crippen LogP contribution in [0.15, 0.2) is 59.5 Å². The van der Waals surface area contributed by atoms with E-state index < -0.39 is 32.3 Å². The van der Waals surface area contributed by atoms with Gasteiger partial charge in [0.2, 0.25) is 10.0 Å². The Morgan fingerprint density at radius 2 is 1.89 bits per heavy atom. The van der Waals surface area contributed by atoms with Gasteiger partial charge in [0.25, 0.3) is 0 Å². The van der Waals surface area contributed by atoms with Crippen LogP contribution in [-0.2, 0) is 16.6 Å². The smallest absolute Gasteiger partial charge is 0.243 e. The van der Waals surface area contributed by atoms with E-state index in [-0.39, 0.29) is 6.54 Å². The van der Waals surface area contributed by atoms with Crippen LogP contribution in [0.3, 0.4) is 0 Å². The average Bonchev–Trinajstić information content (AvgIpc) is 2.67. The van der Waals surface area contributed by atoms with Crippen LogP contribution in [0.25, 0.3) is 10.8 Å². The summed E-state index contributed by atoms with van der Waals surface area (Å²) in [5.74, 6) is -2.14. The van der Waals surface area contributed by atoms with Crippen molar-refractivity contribution in [2.24, 2.45) is 0 Å². The first-order chi connectivity index (χ1) is 13.3. The van der Waals surface area contributed by atoms with Gasteiger partial charge < -0.3 is 14.6 Å². The van der Waals surface area contributed by atoms with Gasteiger partial charge in [-0.2, -0.15) is 0 Å². The molecular formula is C20H17FNO5S-. The minimum Gasteiger partial charge on any atom is -0.545 e. The molecule has 28 heavy (non-hydrogen) atoms. The highest BCUT2D eigenvalue weighted by molar-refractivity contribution is 7.89. The highest BCUT2D eigenvalue weighted by atomic mass is 32.2. The Kier molecular flexibility index (Phi) is 5.62. The van der Waals surface area contributed by atoms with Crippen molar-refractivity contribution in [3.8, 4) is 5.75 Å². The van der Waals surface area contributed by atoms with Crippen LogP contribution >= 0.6 is 0 Å². The van der Waals surface area contributed by atoms with Crippen LogP contribution in [0.1, 0.15) is 22.8 Å². The number of rotatable bonds is 7. The highest BCUT2D eigenvalue weighted by Crippen LogP contribution is 2.29. The quantitative estimate of drug-likeness (QED) is 0.654. The molecule has 0 aliphatic heterocycles. The lowest BCUT2D eigenvalue weighted by molar-refractivity contribution is -0.255. The molecule has 1 N–H and O–H groups in total. The van der Waals surface area contributed by atoms with Gasteiger partial charge in [-0.1, -0.05) is 36.4 Å². The number of carbonyl (C=O) groups is 1. The molecule has 0 bridgehead atoms. The maximum Gasteiger partial charge on any atom is 0.243 e. The van der Waals surface area contributed by atoms with E-state index in [0.717, 1.165) is 29.0 Å². The molecule has 0 unspecified atom stereocenters. The molecule has 3 aromatic rings. The van der Waals surface area contributed by atoms with E-state index in [1.807, 2.05) is 37.3 Å². The van der Waals surface area contributed by atoms with Gasteiger partial charge in [0.1, 0.15) is 16.5 Å². The van der Waals surface area contributed by atoms with Gasteiger partial charge in [0.15, 0.2) is 0 Å². The monoisotopic (exact) mass is 402 g/mol. The number of ether oxygens (including phenoxy) is 1. The molecule has 0 amide bonds. The summed E-state index contributed by atoms with van der Waals surface area (Å²) in [7, 11) is -4.32. The SMILES string of the molecule is CCOc1ccc2ccccc2c1CNS(=O)(=O)c1cc(C(=O)[O-])ccc1F. The van der Waals surface area contributed by atoms with Gasteiger partial charge in [-0.15, -0.1) is 0 Å². The first kappa shape index (κ1) is 19.8. The minimum absolute atomic E-state index is 0.159. The van der Waals surface area contributed by atoms with Crippen LogP contribution in [-0.4, -0.2) is 21.0 Å². The zero-order valence-electron chi connectivity index (χ0n) is 14.9. The third-order valence-electron chi connectivity index (χ3n) is 4.19. The van der Waals surface area contributed by atoms with Crippen molar-refractivity contribution in [1.82, 2.24) is 4.72 Å². The molecule has 8 heteroatoms. The predicted molar refractivity (Wildman–Crippen MR) is 99.9 cm³/mol. The molecule has 146 valence electrons. The molecule has 0 saturated carbocycles. The Hall–Kier alpha value is -2.97. The van der Waals surface area contributed by atoms with E-state index in [9.17, 15) is 22.7 Å². The van der Waals surface area contributed by atoms with Crippen molar-refractivity contribution in [1.29, 1.82) is 0 Å². The Bertz CT molecular complexity index is 1140. The number of carboxylic acid groups (broad SMARTS) is 1. The Balaban J connectivity index is 1.99. The van der Waals surface area contributed by atoms with Crippen LogP contribution in [0.2, 0.25) is 0 Å². The second kappa shape index (κ2) is 7.95. The zero-order chi connectivity index (χ0) is 20.3. The average molecular weight is 402 g/mol. The largest absolute Gasteiger partial charge is 0.545 e. The maximum atomic E-state index is 14.1. The molecule has 0 aliphatic rings. The molecule has 3 aromatic carbocycles. The summed E-state index contributed by atoms with van der Waals surface area (Å²) in [5.41, 5.74) is 0.168. The molecule has 0 aromatic heterocycles. The molecule has 0 radical (unpaired) electrons. The molecule has 0 saturated heterocycles. The maximum absolute atomic E-state index is 14.1. The van der Waals surface area contributed by atoms with Crippen molar-refractivity contribution in [2.75, 3.05) is 6.61 Å². The van der Waals surface area contributed by atoms with Gasteiger partial charge in [-0.25, -0.2) is 17.5 Å². The van der Waals surface area contributed by atoms with Gasteiger partial charge >= 0.3 is 0 Å². The summed E-state index contributed by atoms with van der Waals surface area (Å²) in [6, 6.07) is 13.5. The second-order valence-corrected chi connectivity index (χ2v) is 7.69. The van der Waals surface area contributed by atoms with Crippen LogP contribution < -0.4 is 14.6 Å². The van der Waals surface area contributed by atoms with Crippen molar-refractivity contribution >= 4 is 26.8 Å². The number of nitrogens with one attached hydrogen (secondary N) is 1. The van der Waals surface area contributed by atoms with Crippen LogP contribution in [0.4, 0.5) is 4.39 Å². The van der Waals surface area contributed by atoms with Crippen molar-refractivity contribution in [3.63, 3.8) is 0 Å². The van der Waals surface area contributed by atoms with E-state index in [1.165, 1.54) is 0 Å². The number of sulfonamides is 1. The molecule has 0 atom stereocenters. The van der Waals surface area contributed by atoms with Crippen LogP contribution in [0, 0.1) is 5.82 Å². The van der Waals surface area contributed by atoms with E-state index in [4.69, 9.17) is 4.74 Å². The fraction of sp³-hybridized carbons (Fsp3) is 0.150. The van der Waals surface area contributed by atoms with Gasteiger partial charge in [0.05, 0.1) is 12.6 Å². The fourth-order valence-electron chi connectivity index (χ4n) is 2.87. The van der Waals surface area contributed by atoms with E-state index in [0.29, 0.717) is 17.9 Å². The Morgan fingerprint density at radius 3 is 2.61 bits per heavy atom. The first-order valence-electron chi connectivity index (χ1n) is 8.47. The molecular weight excluding hydrogens is 385 g/mol. The molecule has 0 aliphatic carbocycles. The van der Waals surface area contributed by atoms with Crippen molar-refractivity contribution < 1.29 is 27.4 Å². The molecule has 0 heterocycles. The summed E-state index contributed by atoms with van der Waals surface area (Å²) in [6.45, 7) is 2.04. The standard InChI is InChI=1S/C20H18FNO5S/c1-2-27-18-10-8-13-5-3-4-6-15(13)16(18)12-22-28(25,26)19-11-14(20(23)24)7-9-17(19)21/h3-11,22H,2,12H2,1H3,(H,23,24)/p-1. The van der Waals surface area contributed by atoms with Gasteiger partial charge in [0, 0.05) is 12.1 Å². The number of aromatic carboxylic acids is 1.